The quantitative estimate of drug-likeness (QED) is 0.812. The number of hydrogen-bond donors (Lipinski definition) is 1. The summed E-state index contributed by atoms with van der Waals surface area (Å²) >= 11 is 0. The fourth-order valence-electron chi connectivity index (χ4n) is 3.01. The largest absolute Gasteiger partial charge is 0.419 e. The first-order valence-electron chi connectivity index (χ1n) is 8.10. The summed E-state index contributed by atoms with van der Waals surface area (Å²) in [6, 6.07) is 3.33. The minimum atomic E-state index is -4.65. The molecule has 1 aliphatic rings. The van der Waals surface area contributed by atoms with Crippen molar-refractivity contribution in [1.29, 1.82) is 0 Å². The van der Waals surface area contributed by atoms with Crippen LogP contribution in [0.5, 0.6) is 0 Å². The van der Waals surface area contributed by atoms with Crippen LogP contribution in [0.15, 0.2) is 18.2 Å². The average molecular weight is 332 g/mol. The highest BCUT2D eigenvalue weighted by Gasteiger charge is 2.34. The lowest BCUT2D eigenvalue weighted by Gasteiger charge is -2.36. The minimum Gasteiger partial charge on any atom is -0.314 e. The molecule has 6 heteroatoms. The Hall–Kier alpha value is -1.14. The summed E-state index contributed by atoms with van der Waals surface area (Å²) in [5.74, 6) is -0.681. The molecule has 1 aliphatic heterocycles. The van der Waals surface area contributed by atoms with Crippen LogP contribution >= 0.6 is 0 Å². The van der Waals surface area contributed by atoms with E-state index in [9.17, 15) is 17.6 Å². The predicted octanol–water partition coefficient (Wildman–Crippen LogP) is 4.23. The number of piperazine rings is 1. The monoisotopic (exact) mass is 332 g/mol. The Morgan fingerprint density at radius 2 is 1.78 bits per heavy atom. The number of hydrogen-bond acceptors (Lipinski definition) is 2. The molecule has 23 heavy (non-hydrogen) atoms. The van der Waals surface area contributed by atoms with Crippen LogP contribution in [-0.2, 0) is 6.18 Å². The van der Waals surface area contributed by atoms with Crippen molar-refractivity contribution in [2.24, 2.45) is 5.92 Å². The van der Waals surface area contributed by atoms with E-state index in [0.29, 0.717) is 11.5 Å². The standard InChI is InChI=1S/C17H24F4N2/c1-12(2)3-6-16(23-9-7-22-8-10-23)13-4-5-14(15(18)11-13)17(19,20)21/h4-5,11-12,16,22H,3,6-10H2,1-2H3/t16-/m0/s1. The van der Waals surface area contributed by atoms with Gasteiger partial charge in [-0.15, -0.1) is 0 Å². The van der Waals surface area contributed by atoms with Crippen molar-refractivity contribution in [3.05, 3.63) is 35.1 Å². The third kappa shape index (κ3) is 4.91. The van der Waals surface area contributed by atoms with Crippen molar-refractivity contribution in [3.63, 3.8) is 0 Å². The Morgan fingerprint density at radius 3 is 2.30 bits per heavy atom. The summed E-state index contributed by atoms with van der Waals surface area (Å²) in [7, 11) is 0. The van der Waals surface area contributed by atoms with E-state index in [1.165, 1.54) is 6.07 Å². The highest BCUT2D eigenvalue weighted by molar-refractivity contribution is 5.28. The summed E-state index contributed by atoms with van der Waals surface area (Å²) in [5, 5.41) is 3.26. The molecule has 0 aliphatic carbocycles. The zero-order chi connectivity index (χ0) is 17.0. The van der Waals surface area contributed by atoms with Crippen LogP contribution in [0.1, 0.15) is 43.9 Å². The smallest absolute Gasteiger partial charge is 0.314 e. The molecule has 1 aromatic rings. The zero-order valence-corrected chi connectivity index (χ0v) is 13.6. The van der Waals surface area contributed by atoms with Crippen LogP contribution in [0.25, 0.3) is 0 Å². The lowest BCUT2D eigenvalue weighted by atomic mass is 9.94. The maximum absolute atomic E-state index is 13.9. The molecule has 1 fully saturated rings. The van der Waals surface area contributed by atoms with Crippen LogP contribution in [0, 0.1) is 11.7 Å². The number of nitrogens with zero attached hydrogens (tertiary/aromatic N) is 1. The molecule has 0 saturated carbocycles. The van der Waals surface area contributed by atoms with Gasteiger partial charge >= 0.3 is 6.18 Å². The molecule has 130 valence electrons. The molecule has 0 bridgehead atoms. The second kappa shape index (κ2) is 7.62. The fraction of sp³-hybridized carbons (Fsp3) is 0.647. The van der Waals surface area contributed by atoms with Crippen molar-refractivity contribution >= 4 is 0 Å². The highest BCUT2D eigenvalue weighted by atomic mass is 19.4. The van der Waals surface area contributed by atoms with Crippen LogP contribution < -0.4 is 5.32 Å². The molecule has 1 atom stereocenters. The third-order valence-corrected chi connectivity index (χ3v) is 4.29. The fourth-order valence-corrected chi connectivity index (χ4v) is 3.01. The molecule has 0 amide bonds. The Labute approximate surface area is 134 Å². The molecule has 2 rings (SSSR count). The Morgan fingerprint density at radius 1 is 1.13 bits per heavy atom. The van der Waals surface area contributed by atoms with E-state index in [-0.39, 0.29) is 6.04 Å². The Kier molecular flexibility index (Phi) is 6.03. The van der Waals surface area contributed by atoms with Crippen LogP contribution in [0.2, 0.25) is 0 Å². The van der Waals surface area contributed by atoms with Crippen LogP contribution in [-0.4, -0.2) is 31.1 Å². The van der Waals surface area contributed by atoms with E-state index < -0.39 is 17.6 Å². The van der Waals surface area contributed by atoms with Crippen molar-refractivity contribution in [2.75, 3.05) is 26.2 Å². The molecule has 0 spiro atoms. The van der Waals surface area contributed by atoms with E-state index >= 15 is 0 Å². The number of benzene rings is 1. The molecule has 1 aromatic carbocycles. The van der Waals surface area contributed by atoms with Gasteiger partial charge in [-0.25, -0.2) is 4.39 Å². The normalized spacial score (nSPS) is 18.4. The molecular formula is C17H24F4N2. The Bertz CT molecular complexity index is 508. The van der Waals surface area contributed by atoms with Gasteiger partial charge in [0, 0.05) is 32.2 Å². The first-order valence-corrected chi connectivity index (χ1v) is 8.10. The van der Waals surface area contributed by atoms with Gasteiger partial charge in [0.2, 0.25) is 0 Å². The predicted molar refractivity (Wildman–Crippen MR) is 82.7 cm³/mol. The second-order valence-corrected chi connectivity index (χ2v) is 6.51. The summed E-state index contributed by atoms with van der Waals surface area (Å²) in [6.45, 7) is 7.57. The number of nitrogens with one attached hydrogen (secondary N) is 1. The van der Waals surface area contributed by atoms with Crippen molar-refractivity contribution in [3.8, 4) is 0 Å². The lowest BCUT2D eigenvalue weighted by molar-refractivity contribution is -0.140. The SMILES string of the molecule is CC(C)CC[C@@H](c1ccc(C(F)(F)F)c(F)c1)N1CCNCC1. The van der Waals surface area contributed by atoms with Gasteiger partial charge in [0.25, 0.3) is 0 Å². The van der Waals surface area contributed by atoms with Gasteiger partial charge in [-0.2, -0.15) is 13.2 Å². The molecule has 0 radical (unpaired) electrons. The topological polar surface area (TPSA) is 15.3 Å². The second-order valence-electron chi connectivity index (χ2n) is 6.51. The first-order chi connectivity index (χ1) is 10.8. The zero-order valence-electron chi connectivity index (χ0n) is 13.6. The van der Waals surface area contributed by atoms with E-state index in [2.05, 4.69) is 24.1 Å². The van der Waals surface area contributed by atoms with Gasteiger partial charge in [0.1, 0.15) is 5.82 Å². The summed E-state index contributed by atoms with van der Waals surface area (Å²) in [4.78, 5) is 2.24. The van der Waals surface area contributed by atoms with E-state index in [1.807, 2.05) is 0 Å². The van der Waals surface area contributed by atoms with Gasteiger partial charge in [-0.3, -0.25) is 4.90 Å². The highest BCUT2D eigenvalue weighted by Crippen LogP contribution is 2.34. The molecule has 1 N–H and O–H groups in total. The van der Waals surface area contributed by atoms with Crippen molar-refractivity contribution in [2.45, 2.75) is 38.9 Å². The van der Waals surface area contributed by atoms with Crippen LogP contribution in [0.4, 0.5) is 17.6 Å². The summed E-state index contributed by atoms with van der Waals surface area (Å²) in [6.07, 6.45) is -2.87. The van der Waals surface area contributed by atoms with Crippen LogP contribution in [0.3, 0.4) is 0 Å². The molecular weight excluding hydrogens is 308 g/mol. The minimum absolute atomic E-state index is 0.0312. The van der Waals surface area contributed by atoms with E-state index in [4.69, 9.17) is 0 Å². The maximum atomic E-state index is 13.9. The van der Waals surface area contributed by atoms with Gasteiger partial charge in [0.15, 0.2) is 0 Å². The number of rotatable bonds is 5. The van der Waals surface area contributed by atoms with Crippen molar-refractivity contribution < 1.29 is 17.6 Å². The van der Waals surface area contributed by atoms with E-state index in [1.54, 1.807) is 0 Å². The Balaban J connectivity index is 2.25. The van der Waals surface area contributed by atoms with Gasteiger partial charge in [-0.05, 0) is 36.5 Å². The van der Waals surface area contributed by atoms with E-state index in [0.717, 1.165) is 51.2 Å². The first kappa shape index (κ1) is 18.2. The third-order valence-electron chi connectivity index (χ3n) is 4.29. The van der Waals surface area contributed by atoms with Gasteiger partial charge in [0.05, 0.1) is 5.56 Å². The molecule has 1 heterocycles. The number of halogens is 4. The molecule has 2 nitrogen and oxygen atoms in total. The summed E-state index contributed by atoms with van der Waals surface area (Å²) in [5.41, 5.74) is -0.553. The molecule has 1 saturated heterocycles. The van der Waals surface area contributed by atoms with Crippen molar-refractivity contribution in [1.82, 2.24) is 10.2 Å². The maximum Gasteiger partial charge on any atom is 0.419 e. The molecule has 0 aromatic heterocycles. The molecule has 0 unspecified atom stereocenters. The van der Waals surface area contributed by atoms with Gasteiger partial charge < -0.3 is 5.32 Å². The lowest BCUT2D eigenvalue weighted by Crippen LogP contribution is -2.45. The van der Waals surface area contributed by atoms with Gasteiger partial charge in [-0.1, -0.05) is 19.9 Å². The summed E-state index contributed by atoms with van der Waals surface area (Å²) < 4.78 is 52.1. The average Bonchev–Trinajstić information content (AvgIpc) is 2.47. The number of alkyl halides is 3.